The monoisotopic (exact) mass is 426 g/mol. The lowest BCUT2D eigenvalue weighted by Crippen LogP contribution is -2.54. The molecule has 6 nitrogen and oxygen atoms in total. The molecule has 0 radical (unpaired) electrons. The van der Waals surface area contributed by atoms with E-state index >= 15 is 0 Å². The zero-order valence-corrected chi connectivity index (χ0v) is 17.0. The molecule has 0 bridgehead atoms. The first-order valence-corrected chi connectivity index (χ1v) is 9.76. The van der Waals surface area contributed by atoms with Gasteiger partial charge >= 0.3 is 5.97 Å². The van der Waals surface area contributed by atoms with Gasteiger partial charge in [-0.05, 0) is 32.9 Å². The van der Waals surface area contributed by atoms with Gasteiger partial charge in [0.05, 0.1) is 17.5 Å². The van der Waals surface area contributed by atoms with Crippen LogP contribution >= 0.6 is 34.8 Å². The fraction of sp³-hybridized carbons (Fsp3) is 0.467. The SMILES string of the molecule is COC(=O)C1N(S(=O)(=O)c2ccc(C)cc2)C(C(Cl)(Cl)Cl)=NC1(C)C. The van der Waals surface area contributed by atoms with Crippen LogP contribution in [0.2, 0.25) is 0 Å². The highest BCUT2D eigenvalue weighted by Crippen LogP contribution is 2.41. The molecular formula is C15H17Cl3N2O4S. The van der Waals surface area contributed by atoms with E-state index in [0.717, 1.165) is 17.0 Å². The molecule has 0 fully saturated rings. The number of aliphatic imine (C=N–C) groups is 1. The van der Waals surface area contributed by atoms with E-state index in [1.807, 2.05) is 6.92 Å². The number of methoxy groups -OCH3 is 1. The Bertz CT molecular complexity index is 814. The summed E-state index contributed by atoms with van der Waals surface area (Å²) in [7, 11) is -3.06. The van der Waals surface area contributed by atoms with Gasteiger partial charge in [0.25, 0.3) is 10.0 Å². The van der Waals surface area contributed by atoms with Gasteiger partial charge in [-0.25, -0.2) is 17.5 Å². The van der Waals surface area contributed by atoms with Gasteiger partial charge in [0.1, 0.15) is 0 Å². The van der Waals surface area contributed by atoms with Crippen LogP contribution in [0.15, 0.2) is 34.2 Å². The number of carbonyl (C=O) groups excluding carboxylic acids is 1. The highest BCUT2D eigenvalue weighted by atomic mass is 35.6. The minimum Gasteiger partial charge on any atom is -0.467 e. The summed E-state index contributed by atoms with van der Waals surface area (Å²) in [5.41, 5.74) is -0.301. The number of halogens is 3. The van der Waals surface area contributed by atoms with Crippen LogP contribution in [-0.2, 0) is 19.6 Å². The number of carbonyl (C=O) groups is 1. The third-order valence-corrected chi connectivity index (χ3v) is 6.04. The van der Waals surface area contributed by atoms with Crippen LogP contribution in [-0.4, -0.2) is 47.0 Å². The second kappa shape index (κ2) is 6.61. The van der Waals surface area contributed by atoms with Crippen molar-refractivity contribution in [2.75, 3.05) is 7.11 Å². The topological polar surface area (TPSA) is 76.0 Å². The van der Waals surface area contributed by atoms with Crippen LogP contribution < -0.4 is 0 Å². The number of esters is 1. The highest BCUT2D eigenvalue weighted by molar-refractivity contribution is 7.89. The number of aryl methyl sites for hydroxylation is 1. The Hall–Kier alpha value is -1.02. The number of amidine groups is 1. The van der Waals surface area contributed by atoms with Crippen LogP contribution in [0.5, 0.6) is 0 Å². The Morgan fingerprint density at radius 2 is 1.76 bits per heavy atom. The van der Waals surface area contributed by atoms with Crippen molar-refractivity contribution in [1.29, 1.82) is 0 Å². The maximum absolute atomic E-state index is 13.2. The van der Waals surface area contributed by atoms with Gasteiger partial charge in [0.15, 0.2) is 11.9 Å². The van der Waals surface area contributed by atoms with Crippen LogP contribution in [0.4, 0.5) is 0 Å². The second-order valence-corrected chi connectivity index (χ2v) is 10.2. The van der Waals surface area contributed by atoms with Gasteiger partial charge < -0.3 is 4.74 Å². The number of hydrogen-bond acceptors (Lipinski definition) is 5. The Labute approximate surface area is 161 Å². The van der Waals surface area contributed by atoms with Gasteiger partial charge in [-0.3, -0.25) is 4.99 Å². The molecule has 2 rings (SSSR count). The van der Waals surface area contributed by atoms with E-state index in [4.69, 9.17) is 39.5 Å². The number of alkyl halides is 3. The standard InChI is InChI=1S/C15H17Cl3N2O4S/c1-9-5-7-10(8-6-9)25(22,23)20-11(12(21)24-4)14(2,3)19-13(20)15(16,17)18/h5-8,11H,1-4H3. The molecule has 25 heavy (non-hydrogen) atoms. The first-order chi connectivity index (χ1) is 11.3. The molecule has 0 saturated carbocycles. The van der Waals surface area contributed by atoms with E-state index in [1.54, 1.807) is 26.0 Å². The summed E-state index contributed by atoms with van der Waals surface area (Å²) in [4.78, 5) is 16.5. The Kier molecular flexibility index (Phi) is 5.37. The molecule has 1 atom stereocenters. The van der Waals surface area contributed by atoms with Crippen LogP contribution in [0, 0.1) is 6.92 Å². The first kappa shape index (κ1) is 20.3. The second-order valence-electron chi connectivity index (χ2n) is 6.13. The maximum atomic E-state index is 13.2. The molecule has 1 aromatic rings. The minimum absolute atomic E-state index is 0.0494. The Balaban J connectivity index is 2.69. The number of nitrogens with zero attached hydrogens (tertiary/aromatic N) is 2. The highest BCUT2D eigenvalue weighted by Gasteiger charge is 2.57. The van der Waals surface area contributed by atoms with Crippen molar-refractivity contribution >= 4 is 56.6 Å². The van der Waals surface area contributed by atoms with E-state index in [0.29, 0.717) is 0 Å². The average Bonchev–Trinajstić information content (AvgIpc) is 2.79. The van der Waals surface area contributed by atoms with Gasteiger partial charge in [-0.1, -0.05) is 52.5 Å². The predicted octanol–water partition coefficient (Wildman–Crippen LogP) is 3.09. The molecule has 0 saturated heterocycles. The molecule has 138 valence electrons. The number of ether oxygens (including phenoxy) is 1. The van der Waals surface area contributed by atoms with Crippen molar-refractivity contribution in [3.63, 3.8) is 0 Å². The molecule has 1 heterocycles. The Morgan fingerprint density at radius 3 is 2.20 bits per heavy atom. The van der Waals surface area contributed by atoms with Gasteiger partial charge in [0, 0.05) is 0 Å². The molecule has 1 aliphatic rings. The van der Waals surface area contributed by atoms with Crippen molar-refractivity contribution in [1.82, 2.24) is 4.31 Å². The summed E-state index contributed by atoms with van der Waals surface area (Å²) >= 11 is 17.8. The zero-order valence-electron chi connectivity index (χ0n) is 14.0. The number of hydrogen-bond donors (Lipinski definition) is 0. The van der Waals surface area contributed by atoms with Crippen molar-refractivity contribution in [2.45, 2.75) is 41.0 Å². The normalized spacial score (nSPS) is 20.4. The summed E-state index contributed by atoms with van der Waals surface area (Å²) < 4.78 is 29.7. The fourth-order valence-electron chi connectivity index (χ4n) is 2.55. The molecule has 0 N–H and O–H groups in total. The summed E-state index contributed by atoms with van der Waals surface area (Å²) in [6, 6.07) is 4.80. The fourth-order valence-corrected chi connectivity index (χ4v) is 4.84. The Morgan fingerprint density at radius 1 is 1.24 bits per heavy atom. The van der Waals surface area contributed by atoms with Gasteiger partial charge in [-0.15, -0.1) is 0 Å². The quantitative estimate of drug-likeness (QED) is 0.549. The van der Waals surface area contributed by atoms with Crippen LogP contribution in [0.1, 0.15) is 19.4 Å². The van der Waals surface area contributed by atoms with E-state index in [-0.39, 0.29) is 10.7 Å². The maximum Gasteiger partial charge on any atom is 0.332 e. The van der Waals surface area contributed by atoms with Crippen molar-refractivity contribution < 1.29 is 17.9 Å². The van der Waals surface area contributed by atoms with Crippen molar-refractivity contribution in [2.24, 2.45) is 4.99 Å². The number of sulfonamides is 1. The lowest BCUT2D eigenvalue weighted by molar-refractivity contribution is -0.145. The summed E-state index contributed by atoms with van der Waals surface area (Å²) in [5.74, 6) is -1.15. The number of benzene rings is 1. The largest absolute Gasteiger partial charge is 0.467 e. The van der Waals surface area contributed by atoms with E-state index < -0.39 is 31.4 Å². The molecule has 0 aliphatic carbocycles. The number of rotatable bonds is 3. The predicted molar refractivity (Wildman–Crippen MR) is 97.8 cm³/mol. The van der Waals surface area contributed by atoms with E-state index in [2.05, 4.69) is 4.99 Å². The molecule has 1 aromatic carbocycles. The molecule has 0 aromatic heterocycles. The van der Waals surface area contributed by atoms with Crippen LogP contribution in [0.25, 0.3) is 0 Å². The summed E-state index contributed by atoms with van der Waals surface area (Å²) in [5, 5.41) is 0. The third kappa shape index (κ3) is 3.74. The van der Waals surface area contributed by atoms with Gasteiger partial charge in [0.2, 0.25) is 3.79 Å². The average molecular weight is 428 g/mol. The van der Waals surface area contributed by atoms with Gasteiger partial charge in [-0.2, -0.15) is 0 Å². The minimum atomic E-state index is -4.21. The smallest absolute Gasteiger partial charge is 0.332 e. The molecule has 1 aliphatic heterocycles. The molecule has 1 unspecified atom stereocenters. The van der Waals surface area contributed by atoms with E-state index in [9.17, 15) is 13.2 Å². The van der Waals surface area contributed by atoms with Crippen molar-refractivity contribution in [3.05, 3.63) is 29.8 Å². The van der Waals surface area contributed by atoms with E-state index in [1.165, 1.54) is 12.1 Å². The zero-order chi connectivity index (χ0) is 19.2. The molecular weight excluding hydrogens is 411 g/mol. The van der Waals surface area contributed by atoms with Crippen molar-refractivity contribution in [3.8, 4) is 0 Å². The molecule has 0 amide bonds. The lowest BCUT2D eigenvalue weighted by Gasteiger charge is -2.31. The molecule has 10 heteroatoms. The summed E-state index contributed by atoms with van der Waals surface area (Å²) in [6.07, 6.45) is 0. The molecule has 0 spiro atoms. The summed E-state index contributed by atoms with van der Waals surface area (Å²) in [6.45, 7) is 4.95. The third-order valence-electron chi connectivity index (χ3n) is 3.76. The van der Waals surface area contributed by atoms with Crippen LogP contribution in [0.3, 0.4) is 0 Å². The first-order valence-electron chi connectivity index (χ1n) is 7.18. The lowest BCUT2D eigenvalue weighted by atomic mass is 9.97.